The van der Waals surface area contributed by atoms with Gasteiger partial charge in [0.25, 0.3) is 0 Å². The Bertz CT molecular complexity index is 2850. The van der Waals surface area contributed by atoms with Gasteiger partial charge in [0.2, 0.25) is 65.0 Å². The highest BCUT2D eigenvalue weighted by atomic mass is 16.4. The van der Waals surface area contributed by atoms with Crippen molar-refractivity contribution in [3.8, 4) is 5.75 Å². The molecule has 1 heterocycles. The van der Waals surface area contributed by atoms with E-state index in [2.05, 4.69) is 70.1 Å². The number of primary amides is 2. The number of aliphatic hydroxyl groups excluding tert-OH is 1. The average molecular weight is 1260 g/mol. The summed E-state index contributed by atoms with van der Waals surface area (Å²) in [6.07, 6.45) is 10.8. The molecule has 1 aliphatic heterocycles. The fraction of sp³-hybridized carbons (Fsp3) is 0.550. The molecule has 11 amide bonds. The average Bonchev–Trinajstić information content (AvgIpc) is 1.59. The van der Waals surface area contributed by atoms with Crippen LogP contribution in [0.15, 0.2) is 77.5 Å². The number of rotatable bonds is 36. The lowest BCUT2D eigenvalue weighted by molar-refractivity contribution is -0.139. The van der Waals surface area contributed by atoms with Crippen molar-refractivity contribution in [2.45, 2.75) is 171 Å². The first kappa shape index (κ1) is 73.1. The lowest BCUT2D eigenvalue weighted by atomic mass is 9.84. The van der Waals surface area contributed by atoms with Gasteiger partial charge in [-0.2, -0.15) is 0 Å². The van der Waals surface area contributed by atoms with Crippen LogP contribution < -0.4 is 75.7 Å². The Hall–Kier alpha value is -9.35. The van der Waals surface area contributed by atoms with Gasteiger partial charge in [-0.05, 0) is 79.7 Å². The van der Waals surface area contributed by atoms with Crippen LogP contribution in [0.1, 0.15) is 116 Å². The molecule has 1 aromatic rings. The first-order chi connectivity index (χ1) is 42.7. The number of hydrogen-bond donors (Lipinski definition) is 17. The number of allylic oxidation sites excluding steroid dienone is 4. The maximum absolute atomic E-state index is 14.2. The first-order valence-corrected chi connectivity index (χ1v) is 30.1. The number of phenolic OH excluding ortho intramolecular Hbond substituents is 1. The standard InChI is InChI=1S/C60H89N15O15/c1-33-12-7-6-10-24-65-31-39(33)29-43(52(62)83)72-54(85)41(15-11-25-66-60(63)64-4)70-57(88)46(28-37-16-17-37)69-49(80)32-67-53(84)44(26-36-13-8-5-9-14-36)74-59(90)51(34(2)76)75-58(89)47(30-48(61)79)73-55(86)42(22-23-50(81)82)71-56(87)45(68-35(3)77)27-38-18-20-40(78)21-19-38/h6-7,10,12,18-21,31,34,36-37,41-47,51,65,76,78H,1,5,8-9,11,13-17,22-30,32H2,2-4H3,(H2,61,79)(H2,62,83)(H,67,84)(H,68,77)(H,69,80)(H,70,88)(H,71,87)(H,72,85)(H,73,86)(H,74,90)(H,75,89)(H,81,82)(H3,63,64,66)/b10-6-,12-7-,39-31?/t34-,41+,42+,43+,44+,45-,46+,47+,51+/m1/s1. The Morgan fingerprint density at radius 1 is 0.656 bits per heavy atom. The number of nitrogens with two attached hydrogens (primary N) is 3. The molecule has 3 aliphatic rings. The molecule has 30 nitrogen and oxygen atoms in total. The highest BCUT2D eigenvalue weighted by Gasteiger charge is 2.38. The van der Waals surface area contributed by atoms with Gasteiger partial charge in [-0.1, -0.05) is 88.0 Å². The summed E-state index contributed by atoms with van der Waals surface area (Å²) in [5.74, 6) is -11.6. The number of phenols is 1. The molecule has 0 unspecified atom stereocenters. The summed E-state index contributed by atoms with van der Waals surface area (Å²) in [7, 11) is 1.48. The van der Waals surface area contributed by atoms with Crippen LogP contribution in [0.2, 0.25) is 0 Å². The predicted octanol–water partition coefficient (Wildman–Crippen LogP) is -2.81. The first-order valence-electron chi connectivity index (χ1n) is 30.1. The van der Waals surface area contributed by atoms with E-state index in [1.165, 1.54) is 31.3 Å². The zero-order valence-corrected chi connectivity index (χ0v) is 51.1. The van der Waals surface area contributed by atoms with Crippen molar-refractivity contribution < 1.29 is 72.9 Å². The molecular weight excluding hydrogens is 1170 g/mol. The molecule has 9 atom stereocenters. The number of aliphatic carboxylic acids is 1. The number of benzene rings is 1. The number of amides is 11. The van der Waals surface area contributed by atoms with Crippen molar-refractivity contribution in [1.29, 1.82) is 0 Å². The van der Waals surface area contributed by atoms with Crippen LogP contribution in [0.25, 0.3) is 0 Å². The van der Waals surface area contributed by atoms with Crippen molar-refractivity contribution in [3.63, 3.8) is 0 Å². The SMILES string of the molecule is C=C1/C=C\C=C/CNC=C1C[C@H](NC(=O)[C@H](CCCNC(N)=NC)NC(=O)[C@H](CC1CC1)NC(=O)CNC(=O)[C@H](CC1CCCCC1)NC(=O)[C@@H](NC(=O)[C@H](CC(N)=O)NC(=O)[C@H](CCC(=O)O)NC(=O)[C@@H](Cc1ccc(O)cc1)NC(C)=O)[C@@H](C)O)C(N)=O. The highest BCUT2D eigenvalue weighted by Crippen LogP contribution is 2.34. The number of aliphatic imine (C=N–C) groups is 1. The van der Waals surface area contributed by atoms with E-state index in [-0.39, 0.29) is 68.6 Å². The molecule has 0 aromatic heterocycles. The number of carboxylic acid groups (broad SMARTS) is 1. The second kappa shape index (κ2) is 37.5. The van der Waals surface area contributed by atoms with Crippen molar-refractivity contribution in [3.05, 3.63) is 78.1 Å². The number of aliphatic hydroxyl groups is 1. The summed E-state index contributed by atoms with van der Waals surface area (Å²) in [6, 6.07) is -6.21. The van der Waals surface area contributed by atoms with Gasteiger partial charge < -0.3 is 91.0 Å². The number of hydrogen-bond acceptors (Lipinski definition) is 16. The third kappa shape index (κ3) is 27.0. The Labute approximate surface area is 522 Å². The van der Waals surface area contributed by atoms with E-state index >= 15 is 0 Å². The lowest BCUT2D eigenvalue weighted by Gasteiger charge is -2.29. The molecular formula is C60H89N15O15. The summed E-state index contributed by atoms with van der Waals surface area (Å²) in [6.45, 7) is 6.35. The fourth-order valence-electron chi connectivity index (χ4n) is 9.99. The van der Waals surface area contributed by atoms with Crippen LogP contribution in [0.3, 0.4) is 0 Å². The lowest BCUT2D eigenvalue weighted by Crippen LogP contribution is -2.61. The Balaban J connectivity index is 1.49. The van der Waals surface area contributed by atoms with Gasteiger partial charge in [0.05, 0.1) is 19.1 Å². The monoisotopic (exact) mass is 1260 g/mol. The van der Waals surface area contributed by atoms with E-state index in [0.717, 1.165) is 46.0 Å². The molecule has 2 saturated carbocycles. The van der Waals surface area contributed by atoms with E-state index < -0.39 is 151 Å². The molecule has 1 aromatic carbocycles. The molecule has 2 aliphatic carbocycles. The molecule has 20 N–H and O–H groups in total. The number of nitrogens with one attached hydrogen (secondary N) is 11. The summed E-state index contributed by atoms with van der Waals surface area (Å²) in [4.78, 5) is 165. The Morgan fingerprint density at radius 3 is 1.81 bits per heavy atom. The van der Waals surface area contributed by atoms with Crippen LogP contribution in [-0.4, -0.2) is 173 Å². The third-order valence-electron chi connectivity index (χ3n) is 15.1. The maximum atomic E-state index is 14.2. The highest BCUT2D eigenvalue weighted by molar-refractivity contribution is 5.99. The van der Waals surface area contributed by atoms with Crippen LogP contribution in [-0.2, 0) is 64.0 Å². The second-order valence-corrected chi connectivity index (χ2v) is 22.7. The van der Waals surface area contributed by atoms with Crippen LogP contribution in [0.5, 0.6) is 5.75 Å². The van der Waals surface area contributed by atoms with Crippen molar-refractivity contribution >= 4 is 76.9 Å². The largest absolute Gasteiger partial charge is 0.508 e. The maximum Gasteiger partial charge on any atom is 0.303 e. The molecule has 90 heavy (non-hydrogen) atoms. The minimum atomic E-state index is -1.90. The van der Waals surface area contributed by atoms with Crippen LogP contribution in [0.4, 0.5) is 0 Å². The van der Waals surface area contributed by atoms with Gasteiger partial charge in [0.15, 0.2) is 5.96 Å². The number of carbonyl (C=O) groups excluding carboxylic acids is 11. The van der Waals surface area contributed by atoms with E-state index in [1.807, 2.05) is 12.2 Å². The van der Waals surface area contributed by atoms with Gasteiger partial charge in [-0.3, -0.25) is 62.5 Å². The third-order valence-corrected chi connectivity index (χ3v) is 15.1. The van der Waals surface area contributed by atoms with Gasteiger partial charge in [0, 0.05) is 52.5 Å². The smallest absolute Gasteiger partial charge is 0.303 e. The molecule has 0 saturated heterocycles. The summed E-state index contributed by atoms with van der Waals surface area (Å²) in [5, 5.41) is 58.7. The predicted molar refractivity (Wildman–Crippen MR) is 329 cm³/mol. The summed E-state index contributed by atoms with van der Waals surface area (Å²) < 4.78 is 0. The molecule has 2 fully saturated rings. The van der Waals surface area contributed by atoms with Crippen molar-refractivity contribution in [2.75, 3.05) is 26.7 Å². The molecule has 30 heteroatoms. The topological polar surface area (TPSA) is 488 Å². The minimum Gasteiger partial charge on any atom is -0.508 e. The quantitative estimate of drug-likeness (QED) is 0.0183. The van der Waals surface area contributed by atoms with Crippen molar-refractivity contribution in [2.24, 2.45) is 34.0 Å². The second-order valence-electron chi connectivity index (χ2n) is 22.7. The number of aromatic hydroxyl groups is 1. The van der Waals surface area contributed by atoms with E-state index in [1.54, 1.807) is 18.4 Å². The number of carboxylic acids is 1. The normalized spacial score (nSPS) is 17.9. The molecule has 0 spiro atoms. The van der Waals surface area contributed by atoms with Gasteiger partial charge >= 0.3 is 5.97 Å². The van der Waals surface area contributed by atoms with Gasteiger partial charge in [0.1, 0.15) is 54.1 Å². The Kier molecular flexibility index (Phi) is 30.5. The van der Waals surface area contributed by atoms with Crippen LogP contribution in [0, 0.1) is 11.8 Å². The molecule has 4 rings (SSSR count). The Morgan fingerprint density at radius 2 is 1.22 bits per heavy atom. The molecule has 494 valence electrons. The van der Waals surface area contributed by atoms with E-state index in [9.17, 15) is 72.9 Å². The van der Waals surface area contributed by atoms with Gasteiger partial charge in [-0.25, -0.2) is 0 Å². The molecule has 0 bridgehead atoms. The van der Waals surface area contributed by atoms with Gasteiger partial charge in [-0.15, -0.1) is 0 Å². The van der Waals surface area contributed by atoms with E-state index in [0.29, 0.717) is 36.1 Å². The minimum absolute atomic E-state index is 0.0306. The zero-order valence-electron chi connectivity index (χ0n) is 51.1. The van der Waals surface area contributed by atoms with Crippen molar-refractivity contribution in [1.82, 2.24) is 58.5 Å². The number of carbonyl (C=O) groups is 12. The summed E-state index contributed by atoms with van der Waals surface area (Å²) in [5.41, 5.74) is 18.7. The molecule has 0 radical (unpaired) electrons. The number of nitrogens with zero attached hydrogens (tertiary/aromatic N) is 1. The van der Waals surface area contributed by atoms with E-state index in [4.69, 9.17) is 17.2 Å². The summed E-state index contributed by atoms with van der Waals surface area (Å²) >= 11 is 0. The fourth-order valence-corrected chi connectivity index (χ4v) is 9.99. The van der Waals surface area contributed by atoms with Crippen LogP contribution >= 0.6 is 0 Å². The zero-order chi connectivity index (χ0) is 66.5. The number of guanidine groups is 1.